The second-order valence-electron chi connectivity index (χ2n) is 9.64. The van der Waals surface area contributed by atoms with Crippen molar-refractivity contribution in [3.8, 4) is 0 Å². The molecule has 0 N–H and O–H groups in total. The van der Waals surface area contributed by atoms with Crippen LogP contribution in [0.4, 0.5) is 8.78 Å². The van der Waals surface area contributed by atoms with Crippen LogP contribution in [0.3, 0.4) is 0 Å². The highest BCUT2D eigenvalue weighted by Gasteiger charge is 2.49. The molecule has 0 unspecified atom stereocenters. The molecular weight excluding hydrogens is 479 g/mol. The van der Waals surface area contributed by atoms with E-state index in [2.05, 4.69) is 14.1 Å². The van der Waals surface area contributed by atoms with Gasteiger partial charge in [0.2, 0.25) is 0 Å². The van der Waals surface area contributed by atoms with Gasteiger partial charge < -0.3 is 28.5 Å². The SMILES string of the molecule is Cc1ccc(F)cc1C(CC1C[C@@H]2CC[C@@H](C1)[N+]2(C)C)c1cc(F)ccc1C.[I-]. The average molecular weight is 511 g/mol. The minimum Gasteiger partial charge on any atom is -1.00 e. The predicted molar refractivity (Wildman–Crippen MR) is 110 cm³/mol. The second-order valence-corrected chi connectivity index (χ2v) is 9.64. The minimum absolute atomic E-state index is 0. The maximum absolute atomic E-state index is 14.1. The number of halogens is 3. The smallest absolute Gasteiger partial charge is 0.123 e. The zero-order valence-electron chi connectivity index (χ0n) is 17.9. The Balaban J connectivity index is 0.00000240. The molecule has 1 nitrogen and oxygen atoms in total. The molecule has 2 aliphatic rings. The van der Waals surface area contributed by atoms with Crippen molar-refractivity contribution in [1.82, 2.24) is 0 Å². The summed E-state index contributed by atoms with van der Waals surface area (Å²) < 4.78 is 29.4. The van der Waals surface area contributed by atoms with Gasteiger partial charge in [-0.05, 0) is 72.7 Å². The highest BCUT2D eigenvalue weighted by molar-refractivity contribution is 5.41. The normalized spacial score (nSPS) is 25.1. The summed E-state index contributed by atoms with van der Waals surface area (Å²) in [6.45, 7) is 4.09. The van der Waals surface area contributed by atoms with E-state index in [4.69, 9.17) is 0 Å². The molecule has 29 heavy (non-hydrogen) atoms. The van der Waals surface area contributed by atoms with Gasteiger partial charge >= 0.3 is 0 Å². The number of hydrogen-bond donors (Lipinski definition) is 0. The van der Waals surface area contributed by atoms with E-state index in [0.717, 1.165) is 45.2 Å². The summed E-state index contributed by atoms with van der Waals surface area (Å²) in [5.41, 5.74) is 4.20. The van der Waals surface area contributed by atoms with Crippen molar-refractivity contribution in [1.29, 1.82) is 0 Å². The zero-order valence-corrected chi connectivity index (χ0v) is 20.0. The molecule has 2 heterocycles. The third-order valence-corrected chi connectivity index (χ3v) is 7.73. The molecule has 0 aliphatic carbocycles. The fraction of sp³-hybridized carbons (Fsp3) is 0.520. The Morgan fingerprint density at radius 2 is 1.31 bits per heavy atom. The molecule has 0 aromatic heterocycles. The van der Waals surface area contributed by atoms with Gasteiger partial charge in [0.05, 0.1) is 26.2 Å². The van der Waals surface area contributed by atoms with Crippen molar-refractivity contribution in [2.75, 3.05) is 14.1 Å². The lowest BCUT2D eigenvalue weighted by Gasteiger charge is -2.45. The van der Waals surface area contributed by atoms with Crippen molar-refractivity contribution in [2.24, 2.45) is 5.92 Å². The van der Waals surface area contributed by atoms with Gasteiger partial charge in [-0.3, -0.25) is 0 Å². The molecule has 0 spiro atoms. The molecule has 2 aromatic rings. The van der Waals surface area contributed by atoms with Crippen LogP contribution in [-0.2, 0) is 0 Å². The van der Waals surface area contributed by atoms with Gasteiger partial charge in [-0.1, -0.05) is 12.1 Å². The first-order valence-electron chi connectivity index (χ1n) is 10.6. The van der Waals surface area contributed by atoms with Gasteiger partial charge in [0.1, 0.15) is 11.6 Å². The summed E-state index contributed by atoms with van der Waals surface area (Å²) >= 11 is 0. The topological polar surface area (TPSA) is 0 Å². The Hall–Kier alpha value is -1.01. The summed E-state index contributed by atoms with van der Waals surface area (Å²) in [6.07, 6.45) is 6.06. The van der Waals surface area contributed by atoms with Crippen LogP contribution in [-0.4, -0.2) is 30.7 Å². The zero-order chi connectivity index (χ0) is 20.1. The van der Waals surface area contributed by atoms with Crippen LogP contribution in [0.25, 0.3) is 0 Å². The van der Waals surface area contributed by atoms with Gasteiger partial charge in [-0.15, -0.1) is 0 Å². The molecule has 0 amide bonds. The Bertz CT molecular complexity index is 812. The van der Waals surface area contributed by atoms with Gasteiger partial charge in [-0.2, -0.15) is 0 Å². The molecule has 2 aliphatic heterocycles. The molecule has 4 rings (SSSR count). The Morgan fingerprint density at radius 1 is 0.862 bits per heavy atom. The van der Waals surface area contributed by atoms with E-state index >= 15 is 0 Å². The standard InChI is InChI=1S/C25H32F2N.HI/c1-16-5-7-19(26)14-23(16)25(24-15-20(27)8-6-17(24)2)13-18-11-21-9-10-22(12-18)28(21,3)4;/h5-8,14-15,18,21-22,25H,9-13H2,1-4H3;1H/q+1;/p-1/t21-,22-;/m0./s1. The van der Waals surface area contributed by atoms with E-state index in [9.17, 15) is 8.78 Å². The monoisotopic (exact) mass is 511 g/mol. The maximum atomic E-state index is 14.1. The van der Waals surface area contributed by atoms with E-state index < -0.39 is 0 Å². The summed E-state index contributed by atoms with van der Waals surface area (Å²) in [5.74, 6) is 0.242. The van der Waals surface area contributed by atoms with Crippen LogP contribution in [0.15, 0.2) is 36.4 Å². The van der Waals surface area contributed by atoms with Crippen molar-refractivity contribution >= 4 is 0 Å². The number of fused-ring (bicyclic) bond motifs is 2. The average Bonchev–Trinajstić information content (AvgIpc) is 2.82. The van der Waals surface area contributed by atoms with Crippen LogP contribution >= 0.6 is 0 Å². The van der Waals surface area contributed by atoms with E-state index in [1.165, 1.54) is 37.8 Å². The van der Waals surface area contributed by atoms with E-state index in [0.29, 0.717) is 5.92 Å². The highest BCUT2D eigenvalue weighted by Crippen LogP contribution is 2.46. The highest BCUT2D eigenvalue weighted by atomic mass is 127. The van der Waals surface area contributed by atoms with Gasteiger partial charge in [0.25, 0.3) is 0 Å². The molecule has 0 saturated carbocycles. The minimum atomic E-state index is -0.207. The van der Waals surface area contributed by atoms with Crippen molar-refractivity contribution in [3.05, 3.63) is 70.3 Å². The Kier molecular flexibility index (Phi) is 6.74. The van der Waals surface area contributed by atoms with E-state index in [-0.39, 0.29) is 41.5 Å². The van der Waals surface area contributed by atoms with E-state index in [1.807, 2.05) is 26.0 Å². The number of hydrogen-bond acceptors (Lipinski definition) is 0. The molecule has 2 saturated heterocycles. The molecule has 0 radical (unpaired) electrons. The third-order valence-electron chi connectivity index (χ3n) is 7.73. The summed E-state index contributed by atoms with van der Waals surface area (Å²) in [6, 6.07) is 11.6. The van der Waals surface area contributed by atoms with E-state index in [1.54, 1.807) is 12.1 Å². The first-order valence-corrected chi connectivity index (χ1v) is 10.6. The first kappa shape index (κ1) is 22.7. The lowest BCUT2D eigenvalue weighted by atomic mass is 9.76. The lowest BCUT2D eigenvalue weighted by Crippen LogP contribution is -3.00. The number of rotatable bonds is 4. The Morgan fingerprint density at radius 3 is 1.76 bits per heavy atom. The van der Waals surface area contributed by atoms with Crippen molar-refractivity contribution < 1.29 is 37.2 Å². The number of benzene rings is 2. The molecule has 2 bridgehead atoms. The first-order chi connectivity index (χ1) is 13.3. The quantitative estimate of drug-likeness (QED) is 0.438. The van der Waals surface area contributed by atoms with Crippen LogP contribution < -0.4 is 24.0 Å². The lowest BCUT2D eigenvalue weighted by molar-refractivity contribution is -0.931. The molecular formula is C25H32F2IN. The van der Waals surface area contributed by atoms with Gasteiger partial charge in [0, 0.05) is 31.6 Å². The maximum Gasteiger partial charge on any atom is 0.123 e. The van der Waals surface area contributed by atoms with Gasteiger partial charge in [0.15, 0.2) is 0 Å². The second kappa shape index (κ2) is 8.62. The number of piperidine rings is 1. The molecule has 4 heteroatoms. The number of aryl methyl sites for hydroxylation is 2. The van der Waals surface area contributed by atoms with Crippen molar-refractivity contribution in [2.45, 2.75) is 64.0 Å². The third kappa shape index (κ3) is 4.39. The van der Waals surface area contributed by atoms with Crippen LogP contribution in [0, 0.1) is 31.4 Å². The van der Waals surface area contributed by atoms with Crippen LogP contribution in [0.1, 0.15) is 60.3 Å². The molecule has 158 valence electrons. The Labute approximate surface area is 191 Å². The number of quaternary nitrogens is 1. The molecule has 2 atom stereocenters. The summed E-state index contributed by atoms with van der Waals surface area (Å²) in [7, 11) is 4.76. The fourth-order valence-corrected chi connectivity index (χ4v) is 5.91. The molecule has 2 aromatic carbocycles. The summed E-state index contributed by atoms with van der Waals surface area (Å²) in [4.78, 5) is 0. The van der Waals surface area contributed by atoms with Gasteiger partial charge in [-0.25, -0.2) is 8.78 Å². The van der Waals surface area contributed by atoms with Crippen molar-refractivity contribution in [3.63, 3.8) is 0 Å². The van der Waals surface area contributed by atoms with Crippen LogP contribution in [0.2, 0.25) is 0 Å². The molecule has 2 fully saturated rings. The number of nitrogens with zero attached hydrogens (tertiary/aromatic N) is 1. The largest absolute Gasteiger partial charge is 1.00 e. The van der Waals surface area contributed by atoms with Crippen LogP contribution in [0.5, 0.6) is 0 Å². The predicted octanol–water partition coefficient (Wildman–Crippen LogP) is 3.13. The summed E-state index contributed by atoms with van der Waals surface area (Å²) in [5, 5.41) is 0. The fourth-order valence-electron chi connectivity index (χ4n) is 5.91.